The van der Waals surface area contributed by atoms with E-state index in [0.29, 0.717) is 0 Å². The number of rotatable bonds is 6. The second kappa shape index (κ2) is 13.9. The van der Waals surface area contributed by atoms with Crippen molar-refractivity contribution < 1.29 is 0 Å². The molecule has 0 fully saturated rings. The predicted molar refractivity (Wildman–Crippen MR) is 267 cm³/mol. The van der Waals surface area contributed by atoms with Crippen molar-refractivity contribution in [3.05, 3.63) is 247 Å². The van der Waals surface area contributed by atoms with Crippen LogP contribution in [0.25, 0.3) is 73.4 Å². The van der Waals surface area contributed by atoms with E-state index in [-0.39, 0.29) is 0 Å². The minimum Gasteiger partial charge on any atom is -0.308 e. The highest BCUT2D eigenvalue weighted by molar-refractivity contribution is 7.27. The highest BCUT2D eigenvalue weighted by Gasteiger charge is 2.47. The second-order valence-corrected chi connectivity index (χ2v) is 18.4. The fraction of sp³-hybridized carbons (Fsp3) is 0.0169. The quantitative estimate of drug-likeness (QED) is 0.161. The fourth-order valence-electron chi connectivity index (χ4n) is 10.5. The molecule has 3 heteroatoms. The van der Waals surface area contributed by atoms with Gasteiger partial charge in [-0.2, -0.15) is 0 Å². The fourth-order valence-corrected chi connectivity index (χ4v) is 13.1. The molecule has 0 spiro atoms. The summed E-state index contributed by atoms with van der Waals surface area (Å²) in [6, 6.07) is 83.4. The van der Waals surface area contributed by atoms with Crippen LogP contribution in [0.1, 0.15) is 22.3 Å². The zero-order chi connectivity index (χ0) is 40.8. The van der Waals surface area contributed by atoms with Gasteiger partial charge in [0.05, 0.1) is 21.5 Å². The van der Waals surface area contributed by atoms with Crippen molar-refractivity contribution in [3.63, 3.8) is 0 Å². The smallest absolute Gasteiger partial charge is 0.0714 e. The molecule has 1 nitrogen and oxygen atoms in total. The zero-order valence-electron chi connectivity index (χ0n) is 33.6. The van der Waals surface area contributed by atoms with Gasteiger partial charge in [0.15, 0.2) is 0 Å². The molecule has 290 valence electrons. The van der Waals surface area contributed by atoms with E-state index in [1.165, 1.54) is 101 Å². The molecule has 0 aliphatic heterocycles. The van der Waals surface area contributed by atoms with Crippen molar-refractivity contribution in [1.29, 1.82) is 0 Å². The van der Waals surface area contributed by atoms with Gasteiger partial charge in [0.2, 0.25) is 0 Å². The van der Waals surface area contributed by atoms with Crippen LogP contribution in [-0.4, -0.2) is 0 Å². The summed E-state index contributed by atoms with van der Waals surface area (Å²) in [5.74, 6) is 0. The van der Waals surface area contributed by atoms with Crippen LogP contribution in [0.15, 0.2) is 224 Å². The van der Waals surface area contributed by atoms with Gasteiger partial charge in [0.25, 0.3) is 0 Å². The Morgan fingerprint density at radius 1 is 0.339 bits per heavy atom. The molecule has 0 saturated carbocycles. The summed E-state index contributed by atoms with van der Waals surface area (Å²) in [4.78, 5) is 2.55. The highest BCUT2D eigenvalue weighted by atomic mass is 32.1. The number of benzene rings is 10. The van der Waals surface area contributed by atoms with Crippen molar-refractivity contribution >= 4 is 90.9 Å². The van der Waals surface area contributed by atoms with E-state index in [1.807, 2.05) is 22.7 Å². The first-order valence-electron chi connectivity index (χ1n) is 21.3. The van der Waals surface area contributed by atoms with Gasteiger partial charge in [0.1, 0.15) is 0 Å². The Hall–Kier alpha value is -7.30. The molecule has 13 rings (SSSR count). The van der Waals surface area contributed by atoms with Gasteiger partial charge >= 0.3 is 0 Å². The van der Waals surface area contributed by atoms with Crippen LogP contribution < -0.4 is 4.90 Å². The van der Waals surface area contributed by atoms with Gasteiger partial charge in [-0.15, -0.1) is 22.7 Å². The van der Waals surface area contributed by atoms with Crippen LogP contribution in [0.3, 0.4) is 0 Å². The van der Waals surface area contributed by atoms with Crippen LogP contribution in [-0.2, 0) is 5.41 Å². The van der Waals surface area contributed by atoms with Gasteiger partial charge in [0, 0.05) is 46.9 Å². The SMILES string of the molecule is c1ccc(C2(c3ccccc3)c3ccccc3-c3c(N(c4ccc(-c5cccc6c5sc5ccccc56)cc4)c4cccc5c4sc4c6ccccc6ccc54)cccc32)cc1. The molecule has 0 radical (unpaired) electrons. The Bertz CT molecular complexity index is 3650. The van der Waals surface area contributed by atoms with Crippen molar-refractivity contribution in [2.45, 2.75) is 5.41 Å². The van der Waals surface area contributed by atoms with Crippen molar-refractivity contribution in [2.24, 2.45) is 0 Å². The molecule has 1 aliphatic carbocycles. The zero-order valence-corrected chi connectivity index (χ0v) is 35.3. The lowest BCUT2D eigenvalue weighted by molar-refractivity contribution is 0.768. The van der Waals surface area contributed by atoms with Crippen molar-refractivity contribution in [1.82, 2.24) is 0 Å². The van der Waals surface area contributed by atoms with E-state index in [1.54, 1.807) is 0 Å². The molecule has 10 aromatic carbocycles. The lowest BCUT2D eigenvalue weighted by atomic mass is 9.68. The van der Waals surface area contributed by atoms with Crippen LogP contribution in [0.2, 0.25) is 0 Å². The van der Waals surface area contributed by atoms with Crippen LogP contribution in [0, 0.1) is 0 Å². The van der Waals surface area contributed by atoms with E-state index in [9.17, 15) is 0 Å². The van der Waals surface area contributed by atoms with E-state index in [4.69, 9.17) is 0 Å². The normalized spacial score (nSPS) is 13.0. The Morgan fingerprint density at radius 2 is 0.919 bits per heavy atom. The number of hydrogen-bond donors (Lipinski definition) is 0. The molecule has 2 heterocycles. The minimum atomic E-state index is -0.508. The summed E-state index contributed by atoms with van der Waals surface area (Å²) in [7, 11) is 0. The molecule has 0 amide bonds. The molecule has 62 heavy (non-hydrogen) atoms. The first kappa shape index (κ1) is 35.5. The average molecular weight is 824 g/mol. The van der Waals surface area contributed by atoms with Crippen molar-refractivity contribution in [2.75, 3.05) is 4.90 Å². The van der Waals surface area contributed by atoms with Gasteiger partial charge in [-0.05, 0) is 80.0 Å². The standard InChI is InChI=1S/C59H37NS2/c1-3-17-40(18-4-1)59(41-19-5-2-6-20-41)50-27-11-9-23-49(50)55-51(59)28-15-29-52(55)60(53-30-14-26-47-48-37-34-38-16-7-8-21-43(38)57(48)62-58(47)53)42-35-32-39(33-36-42)44-24-13-25-46-45-22-10-12-31-54(45)61-56(44)46/h1-37H. The molecule has 1 aliphatic rings. The Balaban J connectivity index is 1.09. The summed E-state index contributed by atoms with van der Waals surface area (Å²) in [5.41, 5.74) is 13.1. The lowest BCUT2D eigenvalue weighted by Crippen LogP contribution is -2.28. The molecule has 12 aromatic rings. The molecular weight excluding hydrogens is 787 g/mol. The number of hydrogen-bond acceptors (Lipinski definition) is 3. The summed E-state index contributed by atoms with van der Waals surface area (Å²) >= 11 is 3.80. The minimum absolute atomic E-state index is 0.508. The summed E-state index contributed by atoms with van der Waals surface area (Å²) < 4.78 is 5.26. The number of thiophene rings is 2. The third kappa shape index (κ3) is 5.07. The van der Waals surface area contributed by atoms with Gasteiger partial charge in [-0.25, -0.2) is 0 Å². The van der Waals surface area contributed by atoms with Gasteiger partial charge < -0.3 is 4.90 Å². The number of nitrogens with zero attached hydrogens (tertiary/aromatic N) is 1. The monoisotopic (exact) mass is 823 g/mol. The molecule has 0 bridgehead atoms. The molecular formula is C59H37NS2. The third-order valence-corrected chi connectivity index (χ3v) is 15.6. The van der Waals surface area contributed by atoms with Crippen molar-refractivity contribution in [3.8, 4) is 22.3 Å². The summed E-state index contributed by atoms with van der Waals surface area (Å²) in [6.07, 6.45) is 0. The average Bonchev–Trinajstić information content (AvgIpc) is 4.02. The Labute approximate surface area is 368 Å². The highest BCUT2D eigenvalue weighted by Crippen LogP contribution is 2.60. The van der Waals surface area contributed by atoms with E-state index >= 15 is 0 Å². The molecule has 0 N–H and O–H groups in total. The van der Waals surface area contributed by atoms with Gasteiger partial charge in [-0.1, -0.05) is 194 Å². The first-order chi connectivity index (χ1) is 30.8. The molecule has 0 unspecified atom stereocenters. The maximum atomic E-state index is 2.55. The van der Waals surface area contributed by atoms with E-state index < -0.39 is 5.41 Å². The third-order valence-electron chi connectivity index (χ3n) is 13.2. The van der Waals surface area contributed by atoms with Crippen LogP contribution in [0.5, 0.6) is 0 Å². The summed E-state index contributed by atoms with van der Waals surface area (Å²) in [6.45, 7) is 0. The predicted octanol–water partition coefficient (Wildman–Crippen LogP) is 17.1. The molecule has 0 saturated heterocycles. The topological polar surface area (TPSA) is 3.24 Å². The maximum absolute atomic E-state index is 2.55. The second-order valence-electron chi connectivity index (χ2n) is 16.3. The van der Waals surface area contributed by atoms with E-state index in [0.717, 1.165) is 11.4 Å². The van der Waals surface area contributed by atoms with E-state index in [2.05, 4.69) is 229 Å². The first-order valence-corrected chi connectivity index (χ1v) is 22.9. The summed E-state index contributed by atoms with van der Waals surface area (Å²) in [5, 5.41) is 7.78. The van der Waals surface area contributed by atoms with Crippen LogP contribution in [0.4, 0.5) is 17.1 Å². The van der Waals surface area contributed by atoms with Gasteiger partial charge in [-0.3, -0.25) is 0 Å². The van der Waals surface area contributed by atoms with Crippen LogP contribution >= 0.6 is 22.7 Å². The number of fused-ring (bicyclic) bond motifs is 11. The molecule has 0 atom stereocenters. The Morgan fingerprint density at radius 3 is 1.73 bits per heavy atom. The maximum Gasteiger partial charge on any atom is 0.0714 e. The largest absolute Gasteiger partial charge is 0.308 e. The Kier molecular flexibility index (Phi) is 7.93. The molecule has 2 aromatic heterocycles. The number of anilines is 3. The lowest BCUT2D eigenvalue weighted by Gasteiger charge is -2.34.